The van der Waals surface area contributed by atoms with E-state index in [1.165, 1.54) is 250 Å². The highest BCUT2D eigenvalue weighted by Gasteiger charge is 2.26. The molecule has 0 fully saturated rings. The maximum atomic E-state index is 12.4. The van der Waals surface area contributed by atoms with Crippen LogP contribution in [0.2, 0.25) is 0 Å². The second-order valence-electron chi connectivity index (χ2n) is 19.5. The van der Waals surface area contributed by atoms with E-state index in [0.717, 1.165) is 38.5 Å². The van der Waals surface area contributed by atoms with E-state index in [-0.39, 0.29) is 12.5 Å². The number of nitrogens with one attached hydrogen (secondary N) is 1. The summed E-state index contributed by atoms with van der Waals surface area (Å²) in [6.45, 7) is 4.13. The van der Waals surface area contributed by atoms with E-state index >= 15 is 0 Å². The predicted octanol–water partition coefficient (Wildman–Crippen LogP) is 17.1. The summed E-state index contributed by atoms with van der Waals surface area (Å²) in [6.07, 6.45) is 64.3. The number of unbranched alkanes of at least 4 members (excludes halogenated alkanes) is 42. The average Bonchev–Trinajstić information content (AvgIpc) is 3.26. The molecule has 0 radical (unpaired) electrons. The molecule has 0 heterocycles. The van der Waals surface area contributed by atoms with E-state index in [9.17, 15) is 20.1 Å². The van der Waals surface area contributed by atoms with Gasteiger partial charge in [-0.3, -0.25) is 4.79 Å². The van der Waals surface area contributed by atoms with Gasteiger partial charge in [-0.05, 0) is 38.5 Å². The van der Waals surface area contributed by atoms with Gasteiger partial charge in [0.25, 0.3) is 0 Å². The molecular formula is C56H111NO4. The molecule has 0 aliphatic carbocycles. The Morgan fingerprint density at radius 1 is 0.393 bits per heavy atom. The Morgan fingerprint density at radius 3 is 0.951 bits per heavy atom. The Labute approximate surface area is 382 Å². The van der Waals surface area contributed by atoms with Crippen molar-refractivity contribution in [3.63, 3.8) is 0 Å². The Hall–Kier alpha value is -0.910. The Kier molecular flexibility index (Phi) is 51.0. The highest BCUT2D eigenvalue weighted by Crippen LogP contribution is 2.18. The molecular weight excluding hydrogens is 751 g/mol. The van der Waals surface area contributed by atoms with Crippen molar-refractivity contribution in [1.29, 1.82) is 0 Å². The number of hydrogen-bond donors (Lipinski definition) is 4. The monoisotopic (exact) mass is 862 g/mol. The van der Waals surface area contributed by atoms with Crippen molar-refractivity contribution in [2.75, 3.05) is 6.61 Å². The van der Waals surface area contributed by atoms with Crippen molar-refractivity contribution < 1.29 is 20.1 Å². The topological polar surface area (TPSA) is 89.8 Å². The van der Waals surface area contributed by atoms with Crippen molar-refractivity contribution in [3.8, 4) is 0 Å². The molecule has 0 aliphatic rings. The van der Waals surface area contributed by atoms with Gasteiger partial charge in [-0.1, -0.05) is 283 Å². The first kappa shape index (κ1) is 60.1. The molecule has 3 unspecified atom stereocenters. The molecule has 364 valence electrons. The van der Waals surface area contributed by atoms with Gasteiger partial charge in [0, 0.05) is 6.42 Å². The van der Waals surface area contributed by atoms with Crippen LogP contribution in [0.25, 0.3) is 0 Å². The zero-order chi connectivity index (χ0) is 44.4. The summed E-state index contributed by atoms with van der Waals surface area (Å²) in [7, 11) is 0. The third kappa shape index (κ3) is 46.9. The molecule has 0 bridgehead atoms. The summed E-state index contributed by atoms with van der Waals surface area (Å²) >= 11 is 0. The Morgan fingerprint density at radius 2 is 0.656 bits per heavy atom. The highest BCUT2D eigenvalue weighted by atomic mass is 16.3. The summed E-state index contributed by atoms with van der Waals surface area (Å²) in [6, 6.07) is -0.820. The van der Waals surface area contributed by atoms with Crippen molar-refractivity contribution >= 4 is 5.91 Å². The first-order chi connectivity index (χ1) is 30.1. The average molecular weight is 863 g/mol. The molecule has 3 atom stereocenters. The van der Waals surface area contributed by atoms with Crippen molar-refractivity contribution in [2.45, 2.75) is 334 Å². The molecule has 0 aromatic rings. The van der Waals surface area contributed by atoms with Gasteiger partial charge < -0.3 is 20.6 Å². The normalized spacial score (nSPS) is 13.3. The van der Waals surface area contributed by atoms with Crippen molar-refractivity contribution in [2.24, 2.45) is 0 Å². The number of aliphatic hydroxyl groups is 3. The number of rotatable bonds is 52. The highest BCUT2D eigenvalue weighted by molar-refractivity contribution is 5.76. The zero-order valence-corrected chi connectivity index (χ0v) is 41.6. The van der Waals surface area contributed by atoms with Crippen LogP contribution in [0.4, 0.5) is 0 Å². The molecule has 4 N–H and O–H groups in total. The molecule has 0 aromatic carbocycles. The summed E-state index contributed by atoms with van der Waals surface area (Å²) < 4.78 is 0. The third-order valence-electron chi connectivity index (χ3n) is 13.4. The maximum absolute atomic E-state index is 12.4. The van der Waals surface area contributed by atoms with Gasteiger partial charge >= 0.3 is 0 Å². The van der Waals surface area contributed by atoms with Crippen LogP contribution in [-0.4, -0.2) is 46.1 Å². The lowest BCUT2D eigenvalue weighted by molar-refractivity contribution is -0.124. The minimum atomic E-state index is -1.15. The fraction of sp³-hybridized carbons (Fsp3) is 0.946. The van der Waals surface area contributed by atoms with Crippen LogP contribution in [-0.2, 0) is 4.79 Å². The zero-order valence-electron chi connectivity index (χ0n) is 41.6. The van der Waals surface area contributed by atoms with Crippen LogP contribution in [0.3, 0.4) is 0 Å². The molecule has 0 aromatic heterocycles. The number of amides is 1. The van der Waals surface area contributed by atoms with Gasteiger partial charge in [-0.15, -0.1) is 0 Å². The first-order valence-corrected chi connectivity index (χ1v) is 28.0. The minimum absolute atomic E-state index is 0.151. The van der Waals surface area contributed by atoms with Crippen LogP contribution in [0.15, 0.2) is 12.2 Å². The Bertz CT molecular complexity index is 864. The van der Waals surface area contributed by atoms with Gasteiger partial charge in [0.1, 0.15) is 6.10 Å². The SMILES string of the molecule is CCCCC/C=C/CCCC(O)C(O)C(CO)NC(=O)CCCCCCCCCCCCCCCCCCCCCCCCCCCCCCCCCCCCCCCCC. The molecule has 0 spiro atoms. The lowest BCUT2D eigenvalue weighted by atomic mass is 10.0. The molecule has 0 saturated carbocycles. The quantitative estimate of drug-likeness (QED) is 0.0362. The smallest absolute Gasteiger partial charge is 0.220 e. The number of carbonyl (C=O) groups is 1. The van der Waals surface area contributed by atoms with E-state index < -0.39 is 18.2 Å². The van der Waals surface area contributed by atoms with E-state index in [0.29, 0.717) is 12.8 Å². The lowest BCUT2D eigenvalue weighted by Gasteiger charge is -2.26. The van der Waals surface area contributed by atoms with Gasteiger partial charge in [-0.25, -0.2) is 0 Å². The summed E-state index contributed by atoms with van der Waals surface area (Å²) in [5.41, 5.74) is 0. The van der Waals surface area contributed by atoms with Crippen LogP contribution in [0.5, 0.6) is 0 Å². The number of hydrogen-bond acceptors (Lipinski definition) is 4. The third-order valence-corrected chi connectivity index (χ3v) is 13.4. The van der Waals surface area contributed by atoms with Gasteiger partial charge in [0.05, 0.1) is 18.8 Å². The molecule has 0 rings (SSSR count). The first-order valence-electron chi connectivity index (χ1n) is 28.0. The van der Waals surface area contributed by atoms with E-state index in [4.69, 9.17) is 0 Å². The molecule has 5 nitrogen and oxygen atoms in total. The van der Waals surface area contributed by atoms with Gasteiger partial charge in [-0.2, -0.15) is 0 Å². The summed E-state index contributed by atoms with van der Waals surface area (Å²) in [5.74, 6) is -0.151. The van der Waals surface area contributed by atoms with Crippen LogP contribution in [0.1, 0.15) is 316 Å². The largest absolute Gasteiger partial charge is 0.394 e. The maximum Gasteiger partial charge on any atom is 0.220 e. The Balaban J connectivity index is 3.34. The second kappa shape index (κ2) is 51.7. The van der Waals surface area contributed by atoms with E-state index in [2.05, 4.69) is 31.3 Å². The second-order valence-corrected chi connectivity index (χ2v) is 19.5. The van der Waals surface area contributed by atoms with Crippen LogP contribution in [0, 0.1) is 0 Å². The van der Waals surface area contributed by atoms with Crippen LogP contribution < -0.4 is 5.32 Å². The number of allylic oxidation sites excluding steroid dienone is 2. The van der Waals surface area contributed by atoms with Crippen molar-refractivity contribution in [1.82, 2.24) is 5.32 Å². The molecule has 0 saturated heterocycles. The molecule has 0 aliphatic heterocycles. The fourth-order valence-electron chi connectivity index (χ4n) is 9.05. The summed E-state index contributed by atoms with van der Waals surface area (Å²) in [4.78, 5) is 12.4. The molecule has 5 heteroatoms. The minimum Gasteiger partial charge on any atom is -0.394 e. The van der Waals surface area contributed by atoms with Gasteiger partial charge in [0.15, 0.2) is 0 Å². The lowest BCUT2D eigenvalue weighted by Crippen LogP contribution is -2.50. The molecule has 61 heavy (non-hydrogen) atoms. The predicted molar refractivity (Wildman–Crippen MR) is 269 cm³/mol. The fourth-order valence-corrected chi connectivity index (χ4v) is 9.05. The van der Waals surface area contributed by atoms with Crippen LogP contribution >= 0.6 is 0 Å². The van der Waals surface area contributed by atoms with E-state index in [1.807, 2.05) is 0 Å². The standard InChI is InChI=1S/C56H111NO4/c1-3-5-7-9-11-13-14-15-16-17-18-19-20-21-22-23-24-25-26-27-28-29-30-31-32-33-34-35-36-37-38-39-40-41-42-43-45-47-49-51-55(60)57-53(52-58)56(61)54(59)50-48-46-44-12-10-8-6-4-2/h12,44,53-54,56,58-59,61H,3-11,13-43,45-52H2,1-2H3,(H,57,60)/b44-12+. The van der Waals surface area contributed by atoms with Crippen molar-refractivity contribution in [3.05, 3.63) is 12.2 Å². The number of carbonyl (C=O) groups excluding carboxylic acids is 1. The number of aliphatic hydroxyl groups excluding tert-OH is 3. The van der Waals surface area contributed by atoms with E-state index in [1.54, 1.807) is 0 Å². The summed E-state index contributed by atoms with van der Waals surface area (Å²) in [5, 5.41) is 33.3. The molecule has 1 amide bonds. The van der Waals surface area contributed by atoms with Gasteiger partial charge in [0.2, 0.25) is 5.91 Å².